The highest BCUT2D eigenvalue weighted by Crippen LogP contribution is 2.45. The van der Waals surface area contributed by atoms with Gasteiger partial charge in [0.1, 0.15) is 0 Å². The maximum Gasteiger partial charge on any atom is 0.0269 e. The van der Waals surface area contributed by atoms with E-state index in [2.05, 4.69) is 68.6 Å². The van der Waals surface area contributed by atoms with E-state index in [9.17, 15) is 0 Å². The lowest BCUT2D eigenvalue weighted by Gasteiger charge is -2.49. The molecule has 0 bridgehead atoms. The summed E-state index contributed by atoms with van der Waals surface area (Å²) in [6.07, 6.45) is 6.72. The fraction of sp³-hybridized carbons (Fsp3) is 0.684. The molecule has 1 aromatic rings. The second-order valence-electron chi connectivity index (χ2n) is 6.97. The molecule has 0 saturated heterocycles. The largest absolute Gasteiger partial charge is 0.320 e. The second kappa shape index (κ2) is 7.42. The maximum atomic E-state index is 3.30. The van der Waals surface area contributed by atoms with Gasteiger partial charge in [-0.05, 0) is 77.2 Å². The van der Waals surface area contributed by atoms with Gasteiger partial charge >= 0.3 is 0 Å². The summed E-state index contributed by atoms with van der Waals surface area (Å²) in [5.41, 5.74) is 1.82. The van der Waals surface area contributed by atoms with Crippen molar-refractivity contribution < 1.29 is 0 Å². The molecule has 0 spiro atoms. The topological polar surface area (TPSA) is 15.3 Å². The van der Waals surface area contributed by atoms with Crippen LogP contribution in [0, 0.1) is 5.92 Å². The van der Waals surface area contributed by atoms with Crippen molar-refractivity contribution in [1.29, 1.82) is 0 Å². The van der Waals surface area contributed by atoms with Gasteiger partial charge in [0.15, 0.2) is 0 Å². The number of nitrogens with one attached hydrogen (secondary N) is 1. The van der Waals surface area contributed by atoms with Crippen molar-refractivity contribution in [2.75, 3.05) is 27.7 Å². The van der Waals surface area contributed by atoms with E-state index in [4.69, 9.17) is 0 Å². The van der Waals surface area contributed by atoms with Gasteiger partial charge in [-0.2, -0.15) is 0 Å². The average Bonchev–Trinajstić information content (AvgIpc) is 2.53. The van der Waals surface area contributed by atoms with Crippen molar-refractivity contribution in [3.05, 3.63) is 35.9 Å². The van der Waals surface area contributed by atoms with Gasteiger partial charge < -0.3 is 10.2 Å². The predicted molar refractivity (Wildman–Crippen MR) is 91.8 cm³/mol. The SMILES string of the molecule is CNCCC1CCC(C(C)c2ccccc2)(N(C)C)CC1. The van der Waals surface area contributed by atoms with E-state index in [1.54, 1.807) is 0 Å². The highest BCUT2D eigenvalue weighted by atomic mass is 15.2. The Balaban J connectivity index is 2.09. The van der Waals surface area contributed by atoms with Crippen molar-refractivity contribution in [1.82, 2.24) is 10.2 Å². The molecule has 1 fully saturated rings. The Morgan fingerprint density at radius 3 is 2.33 bits per heavy atom. The number of nitrogens with zero attached hydrogens (tertiary/aromatic N) is 1. The third-order valence-electron chi connectivity index (χ3n) is 5.77. The Labute approximate surface area is 130 Å². The van der Waals surface area contributed by atoms with Gasteiger partial charge in [-0.3, -0.25) is 0 Å². The highest BCUT2D eigenvalue weighted by Gasteiger charge is 2.41. The highest BCUT2D eigenvalue weighted by molar-refractivity contribution is 5.24. The number of benzene rings is 1. The summed E-state index contributed by atoms with van der Waals surface area (Å²) in [6.45, 7) is 3.58. The minimum absolute atomic E-state index is 0.331. The van der Waals surface area contributed by atoms with Crippen LogP contribution in [0.5, 0.6) is 0 Å². The summed E-state index contributed by atoms with van der Waals surface area (Å²) in [7, 11) is 6.60. The van der Waals surface area contributed by atoms with E-state index in [0.717, 1.165) is 12.5 Å². The summed E-state index contributed by atoms with van der Waals surface area (Å²) >= 11 is 0. The van der Waals surface area contributed by atoms with Crippen molar-refractivity contribution >= 4 is 0 Å². The van der Waals surface area contributed by atoms with Gasteiger partial charge in [0, 0.05) is 5.54 Å². The number of hydrogen-bond donors (Lipinski definition) is 1. The first-order valence-electron chi connectivity index (χ1n) is 8.47. The Morgan fingerprint density at radius 1 is 1.19 bits per heavy atom. The Bertz CT molecular complexity index is 405. The quantitative estimate of drug-likeness (QED) is 0.854. The summed E-state index contributed by atoms with van der Waals surface area (Å²) in [6, 6.07) is 11.1. The second-order valence-corrected chi connectivity index (χ2v) is 6.97. The van der Waals surface area contributed by atoms with Crippen molar-refractivity contribution in [2.45, 2.75) is 50.5 Å². The number of hydrogen-bond acceptors (Lipinski definition) is 2. The summed E-state index contributed by atoms with van der Waals surface area (Å²) in [4.78, 5) is 2.50. The van der Waals surface area contributed by atoms with Crippen LogP contribution in [0.2, 0.25) is 0 Å². The van der Waals surface area contributed by atoms with Crippen LogP contribution < -0.4 is 5.32 Å². The van der Waals surface area contributed by atoms with Crippen molar-refractivity contribution in [3.8, 4) is 0 Å². The third kappa shape index (κ3) is 3.67. The average molecular weight is 288 g/mol. The first kappa shape index (κ1) is 16.5. The Morgan fingerprint density at radius 2 is 1.81 bits per heavy atom. The molecule has 0 aromatic heterocycles. The van der Waals surface area contributed by atoms with E-state index < -0.39 is 0 Å². The lowest BCUT2D eigenvalue weighted by atomic mass is 9.67. The molecule has 1 saturated carbocycles. The van der Waals surface area contributed by atoms with Gasteiger partial charge in [0.2, 0.25) is 0 Å². The molecule has 1 aromatic carbocycles. The van der Waals surface area contributed by atoms with E-state index in [1.165, 1.54) is 37.7 Å². The number of likely N-dealkylation sites (N-methyl/N-ethyl adjacent to an activating group) is 1. The summed E-state index contributed by atoms with van der Waals surface area (Å²) < 4.78 is 0. The minimum atomic E-state index is 0.331. The molecule has 2 heteroatoms. The van der Waals surface area contributed by atoms with Gasteiger partial charge in [-0.25, -0.2) is 0 Å². The molecule has 1 aliphatic rings. The van der Waals surface area contributed by atoms with E-state index in [1.807, 2.05) is 0 Å². The van der Waals surface area contributed by atoms with Crippen LogP contribution in [-0.4, -0.2) is 38.1 Å². The van der Waals surface area contributed by atoms with E-state index in [-0.39, 0.29) is 0 Å². The van der Waals surface area contributed by atoms with E-state index in [0.29, 0.717) is 11.5 Å². The van der Waals surface area contributed by atoms with Crippen LogP contribution in [-0.2, 0) is 0 Å². The van der Waals surface area contributed by atoms with E-state index >= 15 is 0 Å². The van der Waals surface area contributed by atoms with Crippen molar-refractivity contribution in [3.63, 3.8) is 0 Å². The van der Waals surface area contributed by atoms with Crippen LogP contribution in [0.1, 0.15) is 50.5 Å². The molecule has 0 aliphatic heterocycles. The standard InChI is InChI=1S/C19H32N2/c1-16(18-8-6-5-7-9-18)19(21(3)4)13-10-17(11-14-19)12-15-20-2/h5-9,16-17,20H,10-15H2,1-4H3. The first-order chi connectivity index (χ1) is 10.1. The fourth-order valence-corrected chi connectivity index (χ4v) is 4.13. The molecule has 21 heavy (non-hydrogen) atoms. The lowest BCUT2D eigenvalue weighted by molar-refractivity contribution is 0.0556. The molecule has 2 rings (SSSR count). The molecule has 1 aliphatic carbocycles. The van der Waals surface area contributed by atoms with Crippen LogP contribution >= 0.6 is 0 Å². The van der Waals surface area contributed by atoms with Gasteiger partial charge in [0.25, 0.3) is 0 Å². The Hall–Kier alpha value is -0.860. The minimum Gasteiger partial charge on any atom is -0.320 e. The van der Waals surface area contributed by atoms with Crippen LogP contribution in [0.25, 0.3) is 0 Å². The van der Waals surface area contributed by atoms with Crippen LogP contribution in [0.3, 0.4) is 0 Å². The smallest absolute Gasteiger partial charge is 0.0269 e. The third-order valence-corrected chi connectivity index (χ3v) is 5.77. The first-order valence-corrected chi connectivity index (χ1v) is 8.47. The lowest BCUT2D eigenvalue weighted by Crippen LogP contribution is -2.50. The molecule has 2 nitrogen and oxygen atoms in total. The summed E-state index contributed by atoms with van der Waals surface area (Å²) in [5.74, 6) is 1.51. The molecule has 1 N–H and O–H groups in total. The molecule has 0 radical (unpaired) electrons. The van der Waals surface area contributed by atoms with Crippen LogP contribution in [0.4, 0.5) is 0 Å². The maximum absolute atomic E-state index is 3.30. The van der Waals surface area contributed by atoms with Gasteiger partial charge in [-0.1, -0.05) is 37.3 Å². The zero-order chi connectivity index (χ0) is 15.3. The normalized spacial score (nSPS) is 27.8. The summed E-state index contributed by atoms with van der Waals surface area (Å²) in [5, 5.41) is 3.30. The molecular formula is C19H32N2. The molecule has 1 atom stereocenters. The van der Waals surface area contributed by atoms with Gasteiger partial charge in [0.05, 0.1) is 0 Å². The van der Waals surface area contributed by atoms with Gasteiger partial charge in [-0.15, -0.1) is 0 Å². The molecule has 0 heterocycles. The number of rotatable bonds is 6. The fourth-order valence-electron chi connectivity index (χ4n) is 4.13. The zero-order valence-electron chi connectivity index (χ0n) is 14.2. The molecule has 0 amide bonds. The van der Waals surface area contributed by atoms with Crippen molar-refractivity contribution in [2.24, 2.45) is 5.92 Å². The molecular weight excluding hydrogens is 256 g/mol. The zero-order valence-corrected chi connectivity index (χ0v) is 14.2. The predicted octanol–water partition coefficient (Wildman–Crippen LogP) is 3.89. The monoisotopic (exact) mass is 288 g/mol. The van der Waals surface area contributed by atoms with Crippen LogP contribution in [0.15, 0.2) is 30.3 Å². The molecule has 1 unspecified atom stereocenters. The Kier molecular flexibility index (Phi) is 5.83. The molecule has 118 valence electrons.